The largest absolute Gasteiger partial charge is 0.405 e. The molecule has 3 N–H and O–H groups in total. The lowest BCUT2D eigenvalue weighted by molar-refractivity contribution is -0.107. The second-order valence-corrected chi connectivity index (χ2v) is 10.6. The summed E-state index contributed by atoms with van der Waals surface area (Å²) in [4.78, 5) is 23.9. The summed E-state index contributed by atoms with van der Waals surface area (Å²) in [6, 6.07) is 14.8. The van der Waals surface area contributed by atoms with Gasteiger partial charge in [0.15, 0.2) is 0 Å². The summed E-state index contributed by atoms with van der Waals surface area (Å²) in [6.45, 7) is 3.59. The summed E-state index contributed by atoms with van der Waals surface area (Å²) in [7, 11) is 4.12. The smallest absolute Gasteiger partial charge is 0.214 e. The lowest BCUT2D eigenvalue weighted by Gasteiger charge is -2.34. The Morgan fingerprint density at radius 2 is 2.00 bits per heavy atom. The van der Waals surface area contributed by atoms with Gasteiger partial charge in [-0.2, -0.15) is 0 Å². The van der Waals surface area contributed by atoms with E-state index in [-0.39, 0.29) is 5.50 Å². The Balaban J connectivity index is 1.32. The number of carbonyl (C=O) groups excluding carboxylic acids is 1. The number of hydrogen-bond acceptors (Lipinski definition) is 7. The molecule has 0 bridgehead atoms. The molecule has 2 heterocycles. The molecule has 0 fully saturated rings. The number of rotatable bonds is 11. The minimum absolute atomic E-state index is 0.228. The SMILES string of the molecule is CN(C)CCCN(C=O)c1ccc2c(c1)CN(C1NC=C(Cc3ccc(N=CC=CN)cc3)S1)CC2. The number of nitrogens with one attached hydrogen (secondary N) is 1. The molecule has 0 spiro atoms. The molecule has 36 heavy (non-hydrogen) atoms. The lowest BCUT2D eigenvalue weighted by Crippen LogP contribution is -2.42. The molecule has 1 atom stereocenters. The van der Waals surface area contributed by atoms with Crippen molar-refractivity contribution in [2.45, 2.75) is 31.3 Å². The number of hydrogen-bond donors (Lipinski definition) is 2. The van der Waals surface area contributed by atoms with Crippen molar-refractivity contribution in [1.29, 1.82) is 0 Å². The molecule has 0 aliphatic carbocycles. The number of thioether (sulfide) groups is 1. The van der Waals surface area contributed by atoms with Crippen molar-refractivity contribution in [2.75, 3.05) is 38.6 Å². The number of fused-ring (bicyclic) bond motifs is 1. The van der Waals surface area contributed by atoms with E-state index in [4.69, 9.17) is 5.73 Å². The monoisotopic (exact) mass is 504 g/mol. The van der Waals surface area contributed by atoms with Gasteiger partial charge in [-0.05, 0) is 86.7 Å². The number of carbonyl (C=O) groups is 1. The number of anilines is 1. The van der Waals surface area contributed by atoms with Crippen LogP contribution in [0.1, 0.15) is 23.1 Å². The van der Waals surface area contributed by atoms with Crippen LogP contribution in [-0.4, -0.2) is 61.7 Å². The van der Waals surface area contributed by atoms with Gasteiger partial charge in [0.1, 0.15) is 5.50 Å². The first-order valence-electron chi connectivity index (χ1n) is 12.4. The van der Waals surface area contributed by atoms with Gasteiger partial charge in [0.2, 0.25) is 6.41 Å². The second-order valence-electron chi connectivity index (χ2n) is 9.38. The van der Waals surface area contributed by atoms with E-state index in [9.17, 15) is 4.79 Å². The number of nitrogens with zero attached hydrogens (tertiary/aromatic N) is 4. The predicted octanol–water partition coefficient (Wildman–Crippen LogP) is 3.84. The Morgan fingerprint density at radius 1 is 1.17 bits per heavy atom. The fraction of sp³-hybridized carbons (Fsp3) is 0.357. The summed E-state index contributed by atoms with van der Waals surface area (Å²) in [5.41, 5.74) is 11.4. The quantitative estimate of drug-likeness (QED) is 0.358. The van der Waals surface area contributed by atoms with Crippen LogP contribution >= 0.6 is 11.8 Å². The zero-order valence-corrected chi connectivity index (χ0v) is 22.0. The molecule has 4 rings (SSSR count). The third-order valence-electron chi connectivity index (χ3n) is 6.41. The van der Waals surface area contributed by atoms with Gasteiger partial charge in [-0.1, -0.05) is 30.0 Å². The van der Waals surface area contributed by atoms with Crippen molar-refractivity contribution >= 4 is 35.8 Å². The average Bonchev–Trinajstić information content (AvgIpc) is 3.35. The van der Waals surface area contributed by atoms with Crippen LogP contribution in [0.15, 0.2) is 70.8 Å². The van der Waals surface area contributed by atoms with Crippen molar-refractivity contribution in [3.63, 3.8) is 0 Å². The normalized spacial score (nSPS) is 18.0. The van der Waals surface area contributed by atoms with Gasteiger partial charge >= 0.3 is 0 Å². The maximum Gasteiger partial charge on any atom is 0.214 e. The first-order valence-corrected chi connectivity index (χ1v) is 13.3. The highest BCUT2D eigenvalue weighted by atomic mass is 32.2. The van der Waals surface area contributed by atoms with E-state index >= 15 is 0 Å². The highest BCUT2D eigenvalue weighted by molar-refractivity contribution is 8.03. The summed E-state index contributed by atoms with van der Waals surface area (Å²) >= 11 is 1.89. The fourth-order valence-corrected chi connectivity index (χ4v) is 5.61. The Morgan fingerprint density at radius 3 is 2.75 bits per heavy atom. The molecule has 190 valence electrons. The number of aliphatic imine (C=N–C) groups is 1. The van der Waals surface area contributed by atoms with Crippen LogP contribution in [0.5, 0.6) is 0 Å². The van der Waals surface area contributed by atoms with Gasteiger partial charge in [0.05, 0.1) is 5.69 Å². The molecular formula is C28H36N6OS. The molecule has 1 unspecified atom stereocenters. The Labute approximate surface area is 218 Å². The molecule has 2 aliphatic heterocycles. The lowest BCUT2D eigenvalue weighted by atomic mass is 9.99. The zero-order chi connectivity index (χ0) is 25.3. The Hall–Kier alpha value is -3.07. The maximum absolute atomic E-state index is 11.8. The summed E-state index contributed by atoms with van der Waals surface area (Å²) < 4.78 is 0. The third kappa shape index (κ3) is 7.00. The molecule has 2 aromatic carbocycles. The number of nitrogens with two attached hydrogens (primary N) is 1. The predicted molar refractivity (Wildman–Crippen MR) is 151 cm³/mol. The molecule has 8 heteroatoms. The first-order chi connectivity index (χ1) is 17.6. The van der Waals surface area contributed by atoms with Crippen LogP contribution in [0.2, 0.25) is 0 Å². The highest BCUT2D eigenvalue weighted by Crippen LogP contribution is 2.34. The molecule has 2 aliphatic rings. The van der Waals surface area contributed by atoms with Crippen molar-refractivity contribution < 1.29 is 4.79 Å². The minimum Gasteiger partial charge on any atom is -0.405 e. The van der Waals surface area contributed by atoms with Crippen LogP contribution < -0.4 is 16.0 Å². The fourth-order valence-electron chi connectivity index (χ4n) is 4.47. The average molecular weight is 505 g/mol. The standard InChI is InChI=1S/C28H36N6OS/c1-32(2)14-4-15-34(21-35)26-10-7-23-11-16-33(20-24(23)18-26)28-31-19-27(36-28)17-22-5-8-25(9-6-22)30-13-3-12-29/h3,5-10,12-13,18-19,21,28,31H,4,11,14-17,20,29H2,1-2H3. The van der Waals surface area contributed by atoms with Crippen LogP contribution in [-0.2, 0) is 24.2 Å². The van der Waals surface area contributed by atoms with Crippen molar-refractivity contribution in [2.24, 2.45) is 10.7 Å². The minimum atomic E-state index is 0.228. The van der Waals surface area contributed by atoms with Gasteiger partial charge in [0.25, 0.3) is 0 Å². The van der Waals surface area contributed by atoms with Gasteiger partial charge in [0, 0.05) is 49.1 Å². The molecule has 7 nitrogen and oxygen atoms in total. The van der Waals surface area contributed by atoms with Gasteiger partial charge in [-0.15, -0.1) is 0 Å². The van der Waals surface area contributed by atoms with Gasteiger partial charge in [-0.25, -0.2) is 0 Å². The van der Waals surface area contributed by atoms with E-state index in [2.05, 4.69) is 70.7 Å². The number of amides is 1. The van der Waals surface area contributed by atoms with Gasteiger partial charge < -0.3 is 20.9 Å². The number of benzene rings is 2. The van der Waals surface area contributed by atoms with Crippen LogP contribution in [0.25, 0.3) is 0 Å². The molecule has 0 radical (unpaired) electrons. The van der Waals surface area contributed by atoms with E-state index in [0.29, 0.717) is 0 Å². The second kappa shape index (κ2) is 12.8. The summed E-state index contributed by atoms with van der Waals surface area (Å²) in [5, 5.41) is 3.57. The van der Waals surface area contributed by atoms with E-state index in [1.165, 1.54) is 27.8 Å². The molecule has 1 amide bonds. The Bertz CT molecular complexity index is 1110. The molecule has 0 saturated carbocycles. The number of allylic oxidation sites excluding steroid dienone is 2. The van der Waals surface area contributed by atoms with E-state index in [1.807, 2.05) is 28.8 Å². The third-order valence-corrected chi connectivity index (χ3v) is 7.63. The van der Waals surface area contributed by atoms with E-state index < -0.39 is 0 Å². The highest BCUT2D eigenvalue weighted by Gasteiger charge is 2.27. The molecule has 2 aromatic rings. The maximum atomic E-state index is 11.8. The van der Waals surface area contributed by atoms with E-state index in [1.54, 1.807) is 12.3 Å². The Kier molecular flexibility index (Phi) is 9.22. The molecular weight excluding hydrogens is 468 g/mol. The first kappa shape index (κ1) is 26.0. The van der Waals surface area contributed by atoms with Gasteiger partial charge in [-0.3, -0.25) is 14.7 Å². The van der Waals surface area contributed by atoms with Crippen molar-refractivity contribution in [1.82, 2.24) is 15.1 Å². The van der Waals surface area contributed by atoms with Crippen molar-refractivity contribution in [3.8, 4) is 0 Å². The van der Waals surface area contributed by atoms with Crippen molar-refractivity contribution in [3.05, 3.63) is 82.5 Å². The zero-order valence-electron chi connectivity index (χ0n) is 21.1. The topological polar surface area (TPSA) is 77.2 Å². The summed E-state index contributed by atoms with van der Waals surface area (Å²) in [5.74, 6) is 0. The van der Waals surface area contributed by atoms with Crippen LogP contribution in [0, 0.1) is 0 Å². The van der Waals surface area contributed by atoms with Crippen LogP contribution in [0.4, 0.5) is 11.4 Å². The molecule has 0 saturated heterocycles. The summed E-state index contributed by atoms with van der Waals surface area (Å²) in [6.07, 6.45) is 10.9. The molecule has 0 aromatic heterocycles. The van der Waals surface area contributed by atoms with Crippen LogP contribution in [0.3, 0.4) is 0 Å². The van der Waals surface area contributed by atoms with E-state index in [0.717, 1.165) is 63.2 Å².